The van der Waals surface area contributed by atoms with Gasteiger partial charge >= 0.3 is 0 Å². The first-order valence-electron chi connectivity index (χ1n) is 4.16. The Balaban J connectivity index is 2.68. The third kappa shape index (κ3) is 2.82. The molecule has 0 aliphatic carbocycles. The van der Waals surface area contributed by atoms with E-state index in [4.69, 9.17) is 0 Å². The van der Waals surface area contributed by atoms with Crippen molar-refractivity contribution in [2.45, 2.75) is 20.8 Å². The van der Waals surface area contributed by atoms with Crippen molar-refractivity contribution in [1.29, 1.82) is 0 Å². The molecule has 4 heteroatoms. The number of nitrogens with zero attached hydrogens (tertiary/aromatic N) is 3. The minimum Gasteiger partial charge on any atom is -0.349 e. The van der Waals surface area contributed by atoms with Gasteiger partial charge in [0.1, 0.15) is 0 Å². The van der Waals surface area contributed by atoms with Gasteiger partial charge in [-0.1, -0.05) is 12.2 Å². The van der Waals surface area contributed by atoms with Gasteiger partial charge in [-0.15, -0.1) is 5.10 Å². The SMILES string of the molecule is C=C(C)CNc1nnc(C)c(C)n1. The molecule has 0 saturated carbocycles. The highest BCUT2D eigenvalue weighted by Gasteiger charge is 1.99. The molecule has 0 fully saturated rings. The van der Waals surface area contributed by atoms with Crippen LogP contribution in [0.3, 0.4) is 0 Å². The third-order valence-electron chi connectivity index (χ3n) is 1.64. The summed E-state index contributed by atoms with van der Waals surface area (Å²) in [6, 6.07) is 0. The second kappa shape index (κ2) is 3.98. The summed E-state index contributed by atoms with van der Waals surface area (Å²) in [5.74, 6) is 0.561. The molecular weight excluding hydrogens is 164 g/mol. The standard InChI is InChI=1S/C9H14N4/c1-6(2)5-10-9-11-7(3)8(4)12-13-9/h1,5H2,2-4H3,(H,10,11,13). The number of aryl methyl sites for hydroxylation is 2. The van der Waals surface area contributed by atoms with Crippen LogP contribution in [0.4, 0.5) is 5.95 Å². The van der Waals surface area contributed by atoms with Gasteiger partial charge in [-0.25, -0.2) is 4.98 Å². The lowest BCUT2D eigenvalue weighted by atomic mass is 10.3. The molecule has 0 aliphatic heterocycles. The smallest absolute Gasteiger partial charge is 0.243 e. The summed E-state index contributed by atoms with van der Waals surface area (Å²) >= 11 is 0. The summed E-state index contributed by atoms with van der Waals surface area (Å²) in [6.45, 7) is 10.2. The molecule has 0 amide bonds. The van der Waals surface area contributed by atoms with Gasteiger partial charge in [-0.05, 0) is 20.8 Å². The van der Waals surface area contributed by atoms with Gasteiger partial charge in [0.05, 0.1) is 11.4 Å². The Morgan fingerprint density at radius 2 is 2.00 bits per heavy atom. The minimum atomic E-state index is 0.561. The summed E-state index contributed by atoms with van der Waals surface area (Å²) in [7, 11) is 0. The number of hydrogen-bond donors (Lipinski definition) is 1. The zero-order chi connectivity index (χ0) is 9.84. The van der Waals surface area contributed by atoms with Gasteiger partial charge < -0.3 is 5.32 Å². The number of rotatable bonds is 3. The van der Waals surface area contributed by atoms with Crippen LogP contribution in [0.15, 0.2) is 12.2 Å². The number of nitrogens with one attached hydrogen (secondary N) is 1. The van der Waals surface area contributed by atoms with Crippen molar-refractivity contribution >= 4 is 5.95 Å². The zero-order valence-corrected chi connectivity index (χ0v) is 8.26. The second-order valence-electron chi connectivity index (χ2n) is 3.12. The topological polar surface area (TPSA) is 50.7 Å². The molecule has 1 aromatic heterocycles. The Kier molecular flexibility index (Phi) is 2.95. The number of aromatic nitrogens is 3. The van der Waals surface area contributed by atoms with Crippen LogP contribution >= 0.6 is 0 Å². The Bertz CT molecular complexity index is 319. The molecule has 70 valence electrons. The Labute approximate surface area is 78.1 Å². The molecule has 0 atom stereocenters. The maximum Gasteiger partial charge on any atom is 0.243 e. The van der Waals surface area contributed by atoms with E-state index >= 15 is 0 Å². The average Bonchev–Trinajstić information content (AvgIpc) is 2.07. The molecule has 0 bridgehead atoms. The first-order valence-corrected chi connectivity index (χ1v) is 4.16. The van der Waals surface area contributed by atoms with Crippen LogP contribution in [0.1, 0.15) is 18.3 Å². The summed E-state index contributed by atoms with van der Waals surface area (Å²) in [4.78, 5) is 4.22. The summed E-state index contributed by atoms with van der Waals surface area (Å²) in [6.07, 6.45) is 0. The van der Waals surface area contributed by atoms with Crippen LogP contribution in [-0.4, -0.2) is 21.7 Å². The lowest BCUT2D eigenvalue weighted by Crippen LogP contribution is -2.08. The molecule has 0 aliphatic rings. The van der Waals surface area contributed by atoms with Crippen molar-refractivity contribution in [3.8, 4) is 0 Å². The quantitative estimate of drug-likeness (QED) is 0.712. The van der Waals surface area contributed by atoms with Crippen LogP contribution in [0.5, 0.6) is 0 Å². The third-order valence-corrected chi connectivity index (χ3v) is 1.64. The van der Waals surface area contributed by atoms with Crippen molar-refractivity contribution in [2.24, 2.45) is 0 Å². The van der Waals surface area contributed by atoms with E-state index in [1.54, 1.807) is 0 Å². The summed E-state index contributed by atoms with van der Waals surface area (Å²) in [5, 5.41) is 10.9. The van der Waals surface area contributed by atoms with E-state index in [0.717, 1.165) is 17.0 Å². The highest BCUT2D eigenvalue weighted by Crippen LogP contribution is 2.02. The van der Waals surface area contributed by atoms with Crippen molar-refractivity contribution in [3.63, 3.8) is 0 Å². The fraction of sp³-hybridized carbons (Fsp3) is 0.444. The molecule has 13 heavy (non-hydrogen) atoms. The molecule has 1 N–H and O–H groups in total. The maximum atomic E-state index is 4.22. The van der Waals surface area contributed by atoms with Crippen LogP contribution in [0, 0.1) is 13.8 Å². The van der Waals surface area contributed by atoms with Crippen LogP contribution < -0.4 is 5.32 Å². The molecule has 4 nitrogen and oxygen atoms in total. The molecule has 0 spiro atoms. The predicted octanol–water partition coefficient (Wildman–Crippen LogP) is 1.48. The fourth-order valence-corrected chi connectivity index (χ4v) is 0.762. The Morgan fingerprint density at radius 3 is 2.54 bits per heavy atom. The molecule has 0 radical (unpaired) electrons. The fourth-order valence-electron chi connectivity index (χ4n) is 0.762. The second-order valence-corrected chi connectivity index (χ2v) is 3.12. The molecule has 0 unspecified atom stereocenters. The summed E-state index contributed by atoms with van der Waals surface area (Å²) in [5.41, 5.74) is 2.81. The van der Waals surface area contributed by atoms with Crippen LogP contribution in [0.25, 0.3) is 0 Å². The van der Waals surface area contributed by atoms with E-state index < -0.39 is 0 Å². The molecule has 0 aromatic carbocycles. The van der Waals surface area contributed by atoms with E-state index in [1.165, 1.54) is 0 Å². The van der Waals surface area contributed by atoms with E-state index in [-0.39, 0.29) is 0 Å². The van der Waals surface area contributed by atoms with Gasteiger partial charge in [-0.3, -0.25) is 0 Å². The predicted molar refractivity (Wildman–Crippen MR) is 52.6 cm³/mol. The Hall–Kier alpha value is -1.45. The van der Waals surface area contributed by atoms with Crippen molar-refractivity contribution in [1.82, 2.24) is 15.2 Å². The number of anilines is 1. The largest absolute Gasteiger partial charge is 0.349 e. The first kappa shape index (κ1) is 9.64. The van der Waals surface area contributed by atoms with Crippen LogP contribution in [-0.2, 0) is 0 Å². The van der Waals surface area contributed by atoms with Gasteiger partial charge in [0.25, 0.3) is 0 Å². The van der Waals surface area contributed by atoms with E-state index in [2.05, 4.69) is 27.1 Å². The molecule has 1 rings (SSSR count). The van der Waals surface area contributed by atoms with E-state index in [0.29, 0.717) is 12.5 Å². The monoisotopic (exact) mass is 178 g/mol. The van der Waals surface area contributed by atoms with Crippen molar-refractivity contribution in [3.05, 3.63) is 23.5 Å². The average molecular weight is 178 g/mol. The van der Waals surface area contributed by atoms with Crippen molar-refractivity contribution in [2.75, 3.05) is 11.9 Å². The maximum absolute atomic E-state index is 4.22. The summed E-state index contributed by atoms with van der Waals surface area (Å²) < 4.78 is 0. The highest BCUT2D eigenvalue weighted by molar-refractivity contribution is 5.26. The van der Waals surface area contributed by atoms with E-state index in [9.17, 15) is 0 Å². The van der Waals surface area contributed by atoms with Gasteiger partial charge in [0, 0.05) is 6.54 Å². The lowest BCUT2D eigenvalue weighted by Gasteiger charge is -2.04. The zero-order valence-electron chi connectivity index (χ0n) is 8.26. The normalized spacial score (nSPS) is 9.77. The van der Waals surface area contributed by atoms with Gasteiger partial charge in [0.2, 0.25) is 5.95 Å². The van der Waals surface area contributed by atoms with E-state index in [1.807, 2.05) is 20.8 Å². The van der Waals surface area contributed by atoms with Gasteiger partial charge in [0.15, 0.2) is 0 Å². The van der Waals surface area contributed by atoms with Crippen molar-refractivity contribution < 1.29 is 0 Å². The van der Waals surface area contributed by atoms with Crippen LogP contribution in [0.2, 0.25) is 0 Å². The number of hydrogen-bond acceptors (Lipinski definition) is 4. The van der Waals surface area contributed by atoms with Gasteiger partial charge in [-0.2, -0.15) is 5.10 Å². The molecule has 1 heterocycles. The Morgan fingerprint density at radius 1 is 1.31 bits per heavy atom. The molecule has 1 aromatic rings. The first-order chi connectivity index (χ1) is 6.09. The highest BCUT2D eigenvalue weighted by atomic mass is 15.2. The minimum absolute atomic E-state index is 0.561. The molecule has 0 saturated heterocycles. The lowest BCUT2D eigenvalue weighted by molar-refractivity contribution is 0.892. The molecular formula is C9H14N4.